The Hall–Kier alpha value is -2.09. The van der Waals surface area contributed by atoms with Crippen LogP contribution in [0.2, 0.25) is 0 Å². The molecule has 0 heterocycles. The van der Waals surface area contributed by atoms with Crippen molar-refractivity contribution in [3.8, 4) is 0 Å². The summed E-state index contributed by atoms with van der Waals surface area (Å²) in [5.41, 5.74) is 1.25. The summed E-state index contributed by atoms with van der Waals surface area (Å²) in [6.45, 7) is 2.31. The van der Waals surface area contributed by atoms with Gasteiger partial charge in [-0.05, 0) is 42.5 Å². The van der Waals surface area contributed by atoms with Crippen molar-refractivity contribution in [3.63, 3.8) is 0 Å². The first-order valence-corrected chi connectivity index (χ1v) is 7.61. The van der Waals surface area contributed by atoms with Crippen LogP contribution in [0.5, 0.6) is 0 Å². The molecule has 0 atom stereocenters. The summed E-state index contributed by atoms with van der Waals surface area (Å²) in [5.74, 6) is -0.0875. The molecule has 2 aromatic carbocycles. The molecule has 0 saturated heterocycles. The highest BCUT2D eigenvalue weighted by molar-refractivity contribution is 5.90. The van der Waals surface area contributed by atoms with Gasteiger partial charge in [-0.2, -0.15) is 0 Å². The van der Waals surface area contributed by atoms with Crippen LogP contribution in [0.4, 0.5) is 0 Å². The van der Waals surface area contributed by atoms with E-state index in [1.165, 1.54) is 16.3 Å². The maximum Gasteiger partial charge on any atom is 0.305 e. The number of hydrogen-bond donors (Lipinski definition) is 0. The SMILES string of the molecule is CCOC(=O)CCCC/C=C/c1cccc2ccccc12. The molecular formula is C19H22O2. The predicted molar refractivity (Wildman–Crippen MR) is 88.1 cm³/mol. The molecule has 0 aliphatic carbocycles. The monoisotopic (exact) mass is 282 g/mol. The summed E-state index contributed by atoms with van der Waals surface area (Å²) in [4.78, 5) is 11.2. The largest absolute Gasteiger partial charge is 0.466 e. The second kappa shape index (κ2) is 8.25. The fourth-order valence-corrected chi connectivity index (χ4v) is 2.37. The van der Waals surface area contributed by atoms with Gasteiger partial charge in [-0.3, -0.25) is 4.79 Å². The van der Waals surface area contributed by atoms with Gasteiger partial charge in [0.2, 0.25) is 0 Å². The Morgan fingerprint density at radius 2 is 1.90 bits per heavy atom. The molecule has 0 aliphatic heterocycles. The quantitative estimate of drug-likeness (QED) is 0.529. The van der Waals surface area contributed by atoms with Crippen LogP contribution in [0.25, 0.3) is 16.8 Å². The van der Waals surface area contributed by atoms with Crippen LogP contribution >= 0.6 is 0 Å². The van der Waals surface area contributed by atoms with Crippen molar-refractivity contribution in [3.05, 3.63) is 54.1 Å². The highest BCUT2D eigenvalue weighted by Gasteiger charge is 2.00. The molecule has 0 N–H and O–H groups in total. The van der Waals surface area contributed by atoms with Gasteiger partial charge in [-0.1, -0.05) is 54.6 Å². The lowest BCUT2D eigenvalue weighted by molar-refractivity contribution is -0.143. The van der Waals surface area contributed by atoms with E-state index >= 15 is 0 Å². The van der Waals surface area contributed by atoms with Gasteiger partial charge in [0, 0.05) is 6.42 Å². The third-order valence-corrected chi connectivity index (χ3v) is 3.43. The van der Waals surface area contributed by atoms with E-state index < -0.39 is 0 Å². The van der Waals surface area contributed by atoms with E-state index in [0.29, 0.717) is 13.0 Å². The van der Waals surface area contributed by atoms with Crippen LogP contribution in [0.1, 0.15) is 38.2 Å². The van der Waals surface area contributed by atoms with Gasteiger partial charge in [-0.25, -0.2) is 0 Å². The molecule has 0 saturated carbocycles. The van der Waals surface area contributed by atoms with Crippen LogP contribution in [-0.2, 0) is 9.53 Å². The Bertz CT molecular complexity index is 608. The van der Waals surface area contributed by atoms with Crippen LogP contribution in [0, 0.1) is 0 Å². The van der Waals surface area contributed by atoms with Gasteiger partial charge in [0.05, 0.1) is 6.61 Å². The second-order valence-electron chi connectivity index (χ2n) is 5.02. The number of fused-ring (bicyclic) bond motifs is 1. The molecule has 0 spiro atoms. The fourth-order valence-electron chi connectivity index (χ4n) is 2.37. The van der Waals surface area contributed by atoms with E-state index in [2.05, 4.69) is 54.6 Å². The molecule has 0 bridgehead atoms. The number of rotatable bonds is 7. The molecule has 0 unspecified atom stereocenters. The molecule has 0 radical (unpaired) electrons. The molecule has 0 aromatic heterocycles. The lowest BCUT2D eigenvalue weighted by atomic mass is 10.0. The molecule has 0 amide bonds. The summed E-state index contributed by atoms with van der Waals surface area (Å²) in [5, 5.41) is 2.55. The summed E-state index contributed by atoms with van der Waals surface area (Å²) < 4.78 is 4.91. The zero-order chi connectivity index (χ0) is 14.9. The minimum atomic E-state index is -0.0875. The Morgan fingerprint density at radius 1 is 1.10 bits per heavy atom. The molecule has 2 aromatic rings. The summed E-state index contributed by atoms with van der Waals surface area (Å²) >= 11 is 0. The third-order valence-electron chi connectivity index (χ3n) is 3.43. The maximum atomic E-state index is 11.2. The van der Waals surface area contributed by atoms with Gasteiger partial charge in [0.1, 0.15) is 0 Å². The number of benzene rings is 2. The molecule has 0 fully saturated rings. The van der Waals surface area contributed by atoms with Crippen LogP contribution in [0.3, 0.4) is 0 Å². The first kappa shape index (κ1) is 15.3. The van der Waals surface area contributed by atoms with Gasteiger partial charge >= 0.3 is 5.97 Å². The summed E-state index contributed by atoms with van der Waals surface area (Å²) in [7, 11) is 0. The zero-order valence-corrected chi connectivity index (χ0v) is 12.5. The number of hydrogen-bond acceptors (Lipinski definition) is 2. The number of carbonyl (C=O) groups is 1. The molecule has 21 heavy (non-hydrogen) atoms. The Kier molecular flexibility index (Phi) is 6.01. The normalized spacial score (nSPS) is 11.1. The predicted octanol–water partition coefficient (Wildman–Crippen LogP) is 4.98. The Labute approximate surface area is 126 Å². The van der Waals surface area contributed by atoms with Crippen molar-refractivity contribution in [2.75, 3.05) is 6.61 Å². The van der Waals surface area contributed by atoms with Crippen LogP contribution in [0.15, 0.2) is 48.5 Å². The van der Waals surface area contributed by atoms with Crippen LogP contribution < -0.4 is 0 Å². The van der Waals surface area contributed by atoms with Gasteiger partial charge in [0.25, 0.3) is 0 Å². The van der Waals surface area contributed by atoms with E-state index in [1.807, 2.05) is 6.92 Å². The van der Waals surface area contributed by atoms with Crippen molar-refractivity contribution in [1.82, 2.24) is 0 Å². The van der Waals surface area contributed by atoms with Gasteiger partial charge in [0.15, 0.2) is 0 Å². The fraction of sp³-hybridized carbons (Fsp3) is 0.316. The number of carbonyl (C=O) groups excluding carboxylic acids is 1. The molecule has 2 heteroatoms. The first-order valence-electron chi connectivity index (χ1n) is 7.61. The van der Waals surface area contributed by atoms with Crippen molar-refractivity contribution < 1.29 is 9.53 Å². The van der Waals surface area contributed by atoms with E-state index in [-0.39, 0.29) is 5.97 Å². The van der Waals surface area contributed by atoms with E-state index in [1.54, 1.807) is 0 Å². The molecule has 110 valence electrons. The van der Waals surface area contributed by atoms with Crippen molar-refractivity contribution in [1.29, 1.82) is 0 Å². The average molecular weight is 282 g/mol. The van der Waals surface area contributed by atoms with Crippen molar-refractivity contribution in [2.45, 2.75) is 32.6 Å². The van der Waals surface area contributed by atoms with Crippen LogP contribution in [-0.4, -0.2) is 12.6 Å². The third kappa shape index (κ3) is 4.75. The van der Waals surface area contributed by atoms with E-state index in [0.717, 1.165) is 19.3 Å². The molecular weight excluding hydrogens is 260 g/mol. The van der Waals surface area contributed by atoms with Crippen molar-refractivity contribution >= 4 is 22.8 Å². The smallest absolute Gasteiger partial charge is 0.305 e. The number of allylic oxidation sites excluding steroid dienone is 1. The summed E-state index contributed by atoms with van der Waals surface area (Å²) in [6, 6.07) is 14.8. The standard InChI is InChI=1S/C19H22O2/c1-2-21-19(20)15-6-4-3-5-10-16-12-9-13-17-11-7-8-14-18(16)17/h5,7-14H,2-4,6,15H2,1H3/b10-5+. The Morgan fingerprint density at radius 3 is 2.76 bits per heavy atom. The highest BCUT2D eigenvalue weighted by Crippen LogP contribution is 2.19. The number of esters is 1. The number of unbranched alkanes of at least 4 members (excludes halogenated alkanes) is 2. The maximum absolute atomic E-state index is 11.2. The lowest BCUT2D eigenvalue weighted by Gasteiger charge is -2.02. The zero-order valence-electron chi connectivity index (χ0n) is 12.5. The lowest BCUT2D eigenvalue weighted by Crippen LogP contribution is -2.02. The average Bonchev–Trinajstić information content (AvgIpc) is 2.51. The highest BCUT2D eigenvalue weighted by atomic mass is 16.5. The minimum Gasteiger partial charge on any atom is -0.466 e. The van der Waals surface area contributed by atoms with Gasteiger partial charge in [-0.15, -0.1) is 0 Å². The second-order valence-corrected chi connectivity index (χ2v) is 5.02. The molecule has 0 aliphatic rings. The Balaban J connectivity index is 1.82. The minimum absolute atomic E-state index is 0.0875. The summed E-state index contributed by atoms with van der Waals surface area (Å²) in [6.07, 6.45) is 7.77. The molecule has 2 rings (SSSR count). The number of ether oxygens (including phenoxy) is 1. The van der Waals surface area contributed by atoms with Gasteiger partial charge < -0.3 is 4.74 Å². The van der Waals surface area contributed by atoms with E-state index in [9.17, 15) is 4.79 Å². The van der Waals surface area contributed by atoms with E-state index in [4.69, 9.17) is 4.74 Å². The molecule has 2 nitrogen and oxygen atoms in total. The van der Waals surface area contributed by atoms with Crippen molar-refractivity contribution in [2.24, 2.45) is 0 Å². The topological polar surface area (TPSA) is 26.3 Å². The first-order chi connectivity index (χ1) is 10.3.